The number of unbranched alkanes of at least 4 members (excludes halogenated alkanes) is 3. The molecule has 0 saturated heterocycles. The molecule has 0 aromatic heterocycles. The molecule has 0 fully saturated rings. The van der Waals surface area contributed by atoms with Crippen molar-refractivity contribution >= 4 is 8.80 Å². The first-order valence-electron chi connectivity index (χ1n) is 11.3. The molecule has 0 aliphatic heterocycles. The Morgan fingerprint density at radius 2 is 0.962 bits per heavy atom. The standard InChI is InChI=1S/C21H47NO3Si/c1-6-11-18-23-26(24-19-12-7-2,25-20-13-8-3)21-14-17-22(15-9-4)16-10-5/h6-21H2,1-5H3. The second-order valence-electron chi connectivity index (χ2n) is 7.23. The van der Waals surface area contributed by atoms with Crippen molar-refractivity contribution in [3.05, 3.63) is 0 Å². The summed E-state index contributed by atoms with van der Waals surface area (Å²) in [7, 11) is -2.55. The summed E-state index contributed by atoms with van der Waals surface area (Å²) in [4.78, 5) is 2.57. The summed E-state index contributed by atoms with van der Waals surface area (Å²) in [5, 5.41) is 0. The van der Waals surface area contributed by atoms with Gasteiger partial charge in [-0.25, -0.2) is 0 Å². The molecule has 0 radical (unpaired) electrons. The minimum absolute atomic E-state index is 0.772. The van der Waals surface area contributed by atoms with E-state index in [0.717, 1.165) is 77.4 Å². The minimum atomic E-state index is -2.55. The predicted molar refractivity (Wildman–Crippen MR) is 115 cm³/mol. The van der Waals surface area contributed by atoms with E-state index in [4.69, 9.17) is 13.3 Å². The van der Waals surface area contributed by atoms with Crippen molar-refractivity contribution in [3.63, 3.8) is 0 Å². The summed E-state index contributed by atoms with van der Waals surface area (Å²) in [5.41, 5.74) is 0. The van der Waals surface area contributed by atoms with Crippen LogP contribution >= 0.6 is 0 Å². The topological polar surface area (TPSA) is 30.9 Å². The first kappa shape index (κ1) is 26.1. The first-order chi connectivity index (χ1) is 12.7. The largest absolute Gasteiger partial charge is 0.501 e. The third kappa shape index (κ3) is 13.3. The molecule has 158 valence electrons. The van der Waals surface area contributed by atoms with Crippen LogP contribution in [-0.2, 0) is 13.3 Å². The highest BCUT2D eigenvalue weighted by Crippen LogP contribution is 2.21. The van der Waals surface area contributed by atoms with Crippen LogP contribution in [-0.4, -0.2) is 53.2 Å². The van der Waals surface area contributed by atoms with Gasteiger partial charge in [0, 0.05) is 25.9 Å². The van der Waals surface area contributed by atoms with E-state index in [1.807, 2.05) is 0 Å². The fourth-order valence-electron chi connectivity index (χ4n) is 2.94. The molecular weight excluding hydrogens is 342 g/mol. The zero-order chi connectivity index (χ0) is 19.5. The molecule has 0 aliphatic rings. The lowest BCUT2D eigenvalue weighted by Crippen LogP contribution is -2.47. The van der Waals surface area contributed by atoms with Gasteiger partial charge in [-0.2, -0.15) is 0 Å². The molecule has 26 heavy (non-hydrogen) atoms. The Hall–Kier alpha value is 0.0569. The highest BCUT2D eigenvalue weighted by molar-refractivity contribution is 6.60. The van der Waals surface area contributed by atoms with E-state index in [-0.39, 0.29) is 0 Å². The Balaban J connectivity index is 4.78. The molecule has 0 unspecified atom stereocenters. The van der Waals surface area contributed by atoms with Gasteiger partial charge >= 0.3 is 8.80 Å². The van der Waals surface area contributed by atoms with Crippen molar-refractivity contribution in [3.8, 4) is 0 Å². The molecule has 0 aromatic carbocycles. The van der Waals surface area contributed by atoms with Gasteiger partial charge in [-0.05, 0) is 58.2 Å². The van der Waals surface area contributed by atoms with E-state index in [9.17, 15) is 0 Å². The van der Waals surface area contributed by atoms with Crippen LogP contribution < -0.4 is 0 Å². The van der Waals surface area contributed by atoms with Crippen molar-refractivity contribution in [2.75, 3.05) is 39.5 Å². The molecule has 0 spiro atoms. The van der Waals surface area contributed by atoms with E-state index >= 15 is 0 Å². The first-order valence-corrected chi connectivity index (χ1v) is 13.2. The second-order valence-corrected chi connectivity index (χ2v) is 9.97. The summed E-state index contributed by atoms with van der Waals surface area (Å²) >= 11 is 0. The molecule has 0 N–H and O–H groups in total. The molecule has 5 heteroatoms. The van der Waals surface area contributed by atoms with Crippen molar-refractivity contribution in [1.29, 1.82) is 0 Å². The fourth-order valence-corrected chi connectivity index (χ4v) is 5.58. The maximum Gasteiger partial charge on any atom is 0.501 e. The van der Waals surface area contributed by atoms with Gasteiger partial charge in [0.25, 0.3) is 0 Å². The number of nitrogens with zero attached hydrogens (tertiary/aromatic N) is 1. The molecule has 0 aliphatic carbocycles. The van der Waals surface area contributed by atoms with E-state index in [0.29, 0.717) is 0 Å². The van der Waals surface area contributed by atoms with Crippen molar-refractivity contribution in [1.82, 2.24) is 4.90 Å². The maximum atomic E-state index is 6.34. The average Bonchev–Trinajstić information content (AvgIpc) is 2.63. The maximum absolute atomic E-state index is 6.34. The highest BCUT2D eigenvalue weighted by Gasteiger charge is 2.40. The van der Waals surface area contributed by atoms with Crippen LogP contribution in [0, 0.1) is 0 Å². The molecule has 0 aromatic rings. The zero-order valence-electron chi connectivity index (χ0n) is 18.5. The van der Waals surface area contributed by atoms with Crippen LogP contribution in [0.2, 0.25) is 6.04 Å². The Kier molecular flexibility index (Phi) is 18.5. The normalized spacial score (nSPS) is 12.2. The molecular formula is C21H47NO3Si. The molecule has 0 heterocycles. The van der Waals surface area contributed by atoms with Crippen LogP contribution in [0.25, 0.3) is 0 Å². The van der Waals surface area contributed by atoms with Gasteiger partial charge in [-0.1, -0.05) is 53.9 Å². The Bertz CT molecular complexity index is 260. The zero-order valence-corrected chi connectivity index (χ0v) is 19.5. The predicted octanol–water partition coefficient (Wildman–Crippen LogP) is 5.89. The second kappa shape index (κ2) is 18.4. The minimum Gasteiger partial charge on any atom is -0.373 e. The third-order valence-electron chi connectivity index (χ3n) is 4.50. The number of rotatable bonds is 20. The summed E-state index contributed by atoms with van der Waals surface area (Å²) < 4.78 is 19.0. The van der Waals surface area contributed by atoms with E-state index in [2.05, 4.69) is 39.5 Å². The van der Waals surface area contributed by atoms with Crippen molar-refractivity contribution < 1.29 is 13.3 Å². The number of hydrogen-bond acceptors (Lipinski definition) is 4. The van der Waals surface area contributed by atoms with Crippen molar-refractivity contribution in [2.24, 2.45) is 0 Å². The van der Waals surface area contributed by atoms with Gasteiger partial charge in [-0.3, -0.25) is 0 Å². The Morgan fingerprint density at radius 1 is 0.538 bits per heavy atom. The Morgan fingerprint density at radius 3 is 1.31 bits per heavy atom. The van der Waals surface area contributed by atoms with E-state index in [1.54, 1.807) is 0 Å². The highest BCUT2D eigenvalue weighted by atomic mass is 28.4. The monoisotopic (exact) mass is 389 g/mol. The lowest BCUT2D eigenvalue weighted by molar-refractivity contribution is 0.0550. The summed E-state index contributed by atoms with van der Waals surface area (Å²) in [6, 6.07) is 0.952. The van der Waals surface area contributed by atoms with Gasteiger partial charge in [0.1, 0.15) is 0 Å². The fraction of sp³-hybridized carbons (Fsp3) is 1.00. The van der Waals surface area contributed by atoms with Crippen molar-refractivity contribution in [2.45, 2.75) is 98.5 Å². The van der Waals surface area contributed by atoms with Crippen LogP contribution in [0.5, 0.6) is 0 Å². The summed E-state index contributed by atoms with van der Waals surface area (Å²) in [6.07, 6.45) is 10.2. The molecule has 0 atom stereocenters. The van der Waals surface area contributed by atoms with Gasteiger partial charge in [0.15, 0.2) is 0 Å². The van der Waals surface area contributed by atoms with Gasteiger partial charge < -0.3 is 18.2 Å². The lowest BCUT2D eigenvalue weighted by atomic mass is 10.3. The van der Waals surface area contributed by atoms with Gasteiger partial charge in [0.05, 0.1) is 0 Å². The molecule has 0 bridgehead atoms. The Labute approximate surface area is 165 Å². The molecule has 0 saturated carbocycles. The lowest BCUT2D eigenvalue weighted by Gasteiger charge is -2.31. The van der Waals surface area contributed by atoms with Gasteiger partial charge in [0.2, 0.25) is 0 Å². The molecule has 4 nitrogen and oxygen atoms in total. The average molecular weight is 390 g/mol. The van der Waals surface area contributed by atoms with Crippen LogP contribution in [0.3, 0.4) is 0 Å². The summed E-state index contributed by atoms with van der Waals surface area (Å²) in [6.45, 7) is 17.0. The van der Waals surface area contributed by atoms with Crippen LogP contribution in [0.15, 0.2) is 0 Å². The third-order valence-corrected chi connectivity index (χ3v) is 7.39. The quantitative estimate of drug-likeness (QED) is 0.192. The molecule has 0 amide bonds. The summed E-state index contributed by atoms with van der Waals surface area (Å²) in [5.74, 6) is 0. The van der Waals surface area contributed by atoms with Crippen LogP contribution in [0.4, 0.5) is 0 Å². The van der Waals surface area contributed by atoms with E-state index in [1.165, 1.54) is 25.9 Å². The molecule has 0 rings (SSSR count). The van der Waals surface area contributed by atoms with Gasteiger partial charge in [-0.15, -0.1) is 0 Å². The smallest absolute Gasteiger partial charge is 0.373 e. The number of hydrogen-bond donors (Lipinski definition) is 0. The van der Waals surface area contributed by atoms with E-state index < -0.39 is 8.80 Å². The van der Waals surface area contributed by atoms with Crippen LogP contribution in [0.1, 0.15) is 92.4 Å². The SMILES string of the molecule is CCCCO[Si](CCCN(CCC)CCC)(OCCCC)OCCCC.